The van der Waals surface area contributed by atoms with Gasteiger partial charge in [0, 0.05) is 26.0 Å². The molecule has 0 amide bonds. The fraction of sp³-hybridized carbons (Fsp3) is 0.417. The molecule has 114 valence electrons. The molecule has 0 radical (unpaired) electrons. The van der Waals surface area contributed by atoms with Gasteiger partial charge in [-0.2, -0.15) is 0 Å². The molecule has 0 saturated carbocycles. The number of benzene rings is 1. The summed E-state index contributed by atoms with van der Waals surface area (Å²) < 4.78 is 37.9. The third-order valence-electron chi connectivity index (χ3n) is 2.64. The van der Waals surface area contributed by atoms with Gasteiger partial charge in [-0.25, -0.2) is 13.5 Å². The molecule has 0 atom stereocenters. The zero-order chi connectivity index (χ0) is 15.2. The summed E-state index contributed by atoms with van der Waals surface area (Å²) in [5.41, 5.74) is 0.516. The lowest BCUT2D eigenvalue weighted by Gasteiger charge is -2.13. The molecular weight excluding hydrogens is 302 g/mol. The van der Waals surface area contributed by atoms with Crippen molar-refractivity contribution in [2.45, 2.75) is 23.7 Å². The number of hydrogen-bond donors (Lipinski definition) is 0. The Kier molecular flexibility index (Phi) is 5.59. The van der Waals surface area contributed by atoms with Gasteiger partial charge in [0.15, 0.2) is 6.29 Å². The van der Waals surface area contributed by atoms with Gasteiger partial charge >= 0.3 is 0 Å². The summed E-state index contributed by atoms with van der Waals surface area (Å²) in [7, 11) is 3.03. The van der Waals surface area contributed by atoms with E-state index >= 15 is 0 Å². The molecule has 6 nitrogen and oxygen atoms in total. The van der Waals surface area contributed by atoms with E-state index in [1.807, 2.05) is 0 Å². The second-order valence-corrected chi connectivity index (χ2v) is 5.05. The molecule has 0 aliphatic rings. The molecule has 0 aliphatic heterocycles. The van der Waals surface area contributed by atoms with Crippen LogP contribution in [-0.4, -0.2) is 40.7 Å². The third kappa shape index (κ3) is 4.45. The number of tetrazole rings is 1. The molecule has 0 unspecified atom stereocenters. The number of thioether (sulfide) groups is 1. The van der Waals surface area contributed by atoms with Crippen LogP contribution < -0.4 is 0 Å². The van der Waals surface area contributed by atoms with E-state index in [4.69, 9.17) is 9.47 Å². The van der Waals surface area contributed by atoms with E-state index in [2.05, 4.69) is 15.5 Å². The largest absolute Gasteiger partial charge is 0.354 e. The number of ether oxygens (including phenoxy) is 2. The van der Waals surface area contributed by atoms with Gasteiger partial charge in [-0.3, -0.25) is 0 Å². The van der Waals surface area contributed by atoms with Gasteiger partial charge in [0.25, 0.3) is 0 Å². The SMILES string of the molecule is COC(Cn1nnnc1SCc1cc(F)cc(F)c1)OC. The van der Waals surface area contributed by atoms with Crippen molar-refractivity contribution in [3.05, 3.63) is 35.4 Å². The van der Waals surface area contributed by atoms with Gasteiger partial charge in [0.2, 0.25) is 5.16 Å². The van der Waals surface area contributed by atoms with Gasteiger partial charge in [-0.05, 0) is 28.1 Å². The van der Waals surface area contributed by atoms with E-state index in [9.17, 15) is 8.78 Å². The van der Waals surface area contributed by atoms with E-state index in [0.29, 0.717) is 23.0 Å². The number of aromatic nitrogens is 4. The summed E-state index contributed by atoms with van der Waals surface area (Å²) in [6, 6.07) is 3.38. The highest BCUT2D eigenvalue weighted by Gasteiger charge is 2.13. The molecule has 1 aromatic heterocycles. The number of rotatable bonds is 7. The lowest BCUT2D eigenvalue weighted by atomic mass is 10.2. The minimum absolute atomic E-state index is 0.319. The molecule has 0 saturated heterocycles. The van der Waals surface area contributed by atoms with Crippen LogP contribution in [0.25, 0.3) is 0 Å². The maximum absolute atomic E-state index is 13.1. The minimum Gasteiger partial charge on any atom is -0.354 e. The van der Waals surface area contributed by atoms with Crippen LogP contribution in [0.15, 0.2) is 23.4 Å². The van der Waals surface area contributed by atoms with E-state index in [1.54, 1.807) is 0 Å². The smallest absolute Gasteiger partial charge is 0.209 e. The Balaban J connectivity index is 2.02. The summed E-state index contributed by atoms with van der Waals surface area (Å²) >= 11 is 1.27. The molecule has 0 fully saturated rings. The number of methoxy groups -OCH3 is 2. The van der Waals surface area contributed by atoms with Crippen molar-refractivity contribution in [1.82, 2.24) is 20.2 Å². The molecule has 21 heavy (non-hydrogen) atoms. The first-order chi connectivity index (χ1) is 10.1. The Morgan fingerprint density at radius 2 is 1.86 bits per heavy atom. The number of nitrogens with zero attached hydrogens (tertiary/aromatic N) is 4. The summed E-state index contributed by atoms with van der Waals surface area (Å²) in [5, 5.41) is 11.8. The average molecular weight is 316 g/mol. The first-order valence-corrected chi connectivity index (χ1v) is 7.00. The second kappa shape index (κ2) is 7.43. The van der Waals surface area contributed by atoms with Crippen molar-refractivity contribution in [3.63, 3.8) is 0 Å². The highest BCUT2D eigenvalue weighted by molar-refractivity contribution is 7.98. The lowest BCUT2D eigenvalue weighted by molar-refractivity contribution is -0.113. The van der Waals surface area contributed by atoms with Crippen molar-refractivity contribution in [2.24, 2.45) is 0 Å². The van der Waals surface area contributed by atoms with Crippen LogP contribution in [0.1, 0.15) is 5.56 Å². The van der Waals surface area contributed by atoms with Gasteiger partial charge < -0.3 is 9.47 Å². The molecule has 0 spiro atoms. The van der Waals surface area contributed by atoms with Gasteiger partial charge in [-0.15, -0.1) is 5.10 Å². The summed E-state index contributed by atoms with van der Waals surface area (Å²) in [6.07, 6.45) is -0.473. The van der Waals surface area contributed by atoms with Crippen LogP contribution in [0, 0.1) is 11.6 Å². The predicted molar refractivity (Wildman–Crippen MR) is 71.5 cm³/mol. The Morgan fingerprint density at radius 3 is 2.48 bits per heavy atom. The quantitative estimate of drug-likeness (QED) is 0.574. The van der Waals surface area contributed by atoms with Crippen LogP contribution in [0.2, 0.25) is 0 Å². The zero-order valence-electron chi connectivity index (χ0n) is 11.5. The van der Waals surface area contributed by atoms with Crippen molar-refractivity contribution < 1.29 is 18.3 Å². The molecule has 0 aliphatic carbocycles. The minimum atomic E-state index is -0.607. The molecule has 2 aromatic rings. The van der Waals surface area contributed by atoms with Crippen molar-refractivity contribution in [3.8, 4) is 0 Å². The Morgan fingerprint density at radius 1 is 1.19 bits per heavy atom. The third-order valence-corrected chi connectivity index (χ3v) is 3.67. The Bertz CT molecular complexity index is 572. The van der Waals surface area contributed by atoms with Gasteiger partial charge in [0.1, 0.15) is 11.6 Å². The molecule has 1 heterocycles. The Labute approximate surface area is 124 Å². The van der Waals surface area contributed by atoms with Crippen LogP contribution >= 0.6 is 11.8 Å². The van der Waals surface area contributed by atoms with Gasteiger partial charge in [-0.1, -0.05) is 11.8 Å². The standard InChI is InChI=1S/C12H14F2N4O2S/c1-19-11(20-2)6-18-12(15-16-17-18)21-7-8-3-9(13)5-10(14)4-8/h3-5,11H,6-7H2,1-2H3. The van der Waals surface area contributed by atoms with Crippen LogP contribution in [0.4, 0.5) is 8.78 Å². The second-order valence-electron chi connectivity index (χ2n) is 4.11. The molecule has 9 heteroatoms. The fourth-order valence-corrected chi connectivity index (χ4v) is 2.46. The van der Waals surface area contributed by atoms with Crippen molar-refractivity contribution in [1.29, 1.82) is 0 Å². The monoisotopic (exact) mass is 316 g/mol. The Hall–Kier alpha value is -1.58. The van der Waals surface area contributed by atoms with E-state index in [0.717, 1.165) is 6.07 Å². The van der Waals surface area contributed by atoms with E-state index < -0.39 is 17.9 Å². The van der Waals surface area contributed by atoms with Crippen LogP contribution in [0.5, 0.6) is 0 Å². The molecular formula is C12H14F2N4O2S. The highest BCUT2D eigenvalue weighted by atomic mass is 32.2. The summed E-state index contributed by atoms with van der Waals surface area (Å²) in [4.78, 5) is 0. The average Bonchev–Trinajstić information content (AvgIpc) is 2.88. The number of halogens is 2. The number of hydrogen-bond acceptors (Lipinski definition) is 6. The first-order valence-electron chi connectivity index (χ1n) is 6.02. The normalized spacial score (nSPS) is 11.3. The fourth-order valence-electron chi connectivity index (χ4n) is 1.64. The first kappa shape index (κ1) is 15.8. The predicted octanol–water partition coefficient (Wildman–Crippen LogP) is 1.86. The topological polar surface area (TPSA) is 62.1 Å². The zero-order valence-corrected chi connectivity index (χ0v) is 12.3. The molecule has 0 bridgehead atoms. The molecule has 1 aromatic carbocycles. The van der Waals surface area contributed by atoms with Crippen LogP contribution in [0.3, 0.4) is 0 Å². The lowest BCUT2D eigenvalue weighted by Crippen LogP contribution is -2.21. The maximum Gasteiger partial charge on any atom is 0.209 e. The van der Waals surface area contributed by atoms with E-state index in [-0.39, 0.29) is 0 Å². The molecule has 0 N–H and O–H groups in total. The maximum atomic E-state index is 13.1. The molecule has 2 rings (SSSR count). The van der Waals surface area contributed by atoms with Crippen molar-refractivity contribution >= 4 is 11.8 Å². The van der Waals surface area contributed by atoms with Crippen LogP contribution in [-0.2, 0) is 21.8 Å². The summed E-state index contributed by atoms with van der Waals surface area (Å²) in [6.45, 7) is 0.319. The van der Waals surface area contributed by atoms with Crippen molar-refractivity contribution in [2.75, 3.05) is 14.2 Å². The highest BCUT2D eigenvalue weighted by Crippen LogP contribution is 2.21. The van der Waals surface area contributed by atoms with E-state index in [1.165, 1.54) is 42.8 Å². The van der Waals surface area contributed by atoms with Gasteiger partial charge in [0.05, 0.1) is 6.54 Å². The summed E-state index contributed by atoms with van der Waals surface area (Å²) in [5.74, 6) is -0.868.